The fraction of sp³-hybridized carbons (Fsp3) is 0.846. The van der Waals surface area contributed by atoms with Crippen molar-refractivity contribution in [2.45, 2.75) is 58.9 Å². The van der Waals surface area contributed by atoms with Gasteiger partial charge in [-0.2, -0.15) is 0 Å². The van der Waals surface area contributed by atoms with Crippen molar-refractivity contribution >= 4 is 5.97 Å². The number of hydrogen-bond donors (Lipinski definition) is 1. The summed E-state index contributed by atoms with van der Waals surface area (Å²) in [6.07, 6.45) is 5.80. The minimum absolute atomic E-state index is 0.365. The van der Waals surface area contributed by atoms with Gasteiger partial charge >= 0.3 is 5.97 Å². The largest absolute Gasteiger partial charge is 0.481 e. The summed E-state index contributed by atoms with van der Waals surface area (Å²) in [5, 5.41) is 21.2. The van der Waals surface area contributed by atoms with Gasteiger partial charge in [0.15, 0.2) is 5.82 Å². The summed E-state index contributed by atoms with van der Waals surface area (Å²) in [4.78, 5) is 11.5. The van der Waals surface area contributed by atoms with Crippen LogP contribution in [0.2, 0.25) is 0 Å². The number of rotatable bonds is 7. The number of carboxylic acid groups (broad SMARTS) is 1. The first-order valence-electron chi connectivity index (χ1n) is 7.09. The Morgan fingerprint density at radius 3 is 2.58 bits per heavy atom. The van der Waals surface area contributed by atoms with E-state index in [9.17, 15) is 9.90 Å². The molecule has 0 bridgehead atoms. The van der Waals surface area contributed by atoms with Crippen LogP contribution in [0.15, 0.2) is 0 Å². The van der Waals surface area contributed by atoms with Crippen LogP contribution in [0, 0.1) is 11.3 Å². The van der Waals surface area contributed by atoms with E-state index in [-0.39, 0.29) is 0 Å². The van der Waals surface area contributed by atoms with E-state index in [0.717, 1.165) is 12.2 Å². The van der Waals surface area contributed by atoms with E-state index < -0.39 is 11.4 Å². The van der Waals surface area contributed by atoms with Crippen molar-refractivity contribution in [2.24, 2.45) is 11.3 Å². The highest BCUT2D eigenvalue weighted by Crippen LogP contribution is 2.31. The Labute approximate surface area is 113 Å². The molecular weight excluding hydrogens is 244 g/mol. The van der Waals surface area contributed by atoms with Crippen molar-refractivity contribution in [3.8, 4) is 0 Å². The predicted molar refractivity (Wildman–Crippen MR) is 69.5 cm³/mol. The quantitative estimate of drug-likeness (QED) is 0.815. The Morgan fingerprint density at radius 1 is 1.42 bits per heavy atom. The highest BCUT2D eigenvalue weighted by Gasteiger charge is 2.36. The summed E-state index contributed by atoms with van der Waals surface area (Å²) in [5.41, 5.74) is -0.760. The second-order valence-electron chi connectivity index (χ2n) is 5.55. The van der Waals surface area contributed by atoms with Crippen LogP contribution < -0.4 is 0 Å². The fourth-order valence-electron chi connectivity index (χ4n) is 2.58. The maximum Gasteiger partial charge on any atom is 0.311 e. The zero-order chi connectivity index (χ0) is 13.9. The topological polar surface area (TPSA) is 80.9 Å². The van der Waals surface area contributed by atoms with Crippen LogP contribution in [0.4, 0.5) is 0 Å². The van der Waals surface area contributed by atoms with Crippen LogP contribution in [-0.2, 0) is 17.8 Å². The van der Waals surface area contributed by atoms with Crippen LogP contribution in [-0.4, -0.2) is 31.3 Å². The zero-order valence-electron chi connectivity index (χ0n) is 11.7. The minimum atomic E-state index is -0.761. The number of aliphatic carboxylic acids is 1. The molecule has 0 radical (unpaired) electrons. The molecule has 1 N–H and O–H groups in total. The molecule has 6 heteroatoms. The highest BCUT2D eigenvalue weighted by atomic mass is 16.4. The van der Waals surface area contributed by atoms with Crippen molar-refractivity contribution in [3.63, 3.8) is 0 Å². The molecule has 0 unspecified atom stereocenters. The molecule has 106 valence electrons. The maximum atomic E-state index is 11.5. The SMILES string of the molecule is CCC(CC)(Cn1nnnc1CC1CCC1)C(=O)O. The summed E-state index contributed by atoms with van der Waals surface area (Å²) in [7, 11) is 0. The van der Waals surface area contributed by atoms with E-state index >= 15 is 0 Å². The van der Waals surface area contributed by atoms with Gasteiger partial charge in [-0.25, -0.2) is 4.68 Å². The Bertz CT molecular complexity index is 436. The average Bonchev–Trinajstić information content (AvgIpc) is 2.77. The van der Waals surface area contributed by atoms with Crippen LogP contribution in [0.25, 0.3) is 0 Å². The van der Waals surface area contributed by atoms with Gasteiger partial charge in [-0.15, -0.1) is 5.10 Å². The maximum absolute atomic E-state index is 11.5. The molecule has 1 aliphatic rings. The fourth-order valence-corrected chi connectivity index (χ4v) is 2.58. The second-order valence-corrected chi connectivity index (χ2v) is 5.55. The Morgan fingerprint density at radius 2 is 2.11 bits per heavy atom. The molecule has 19 heavy (non-hydrogen) atoms. The number of carbonyl (C=O) groups is 1. The lowest BCUT2D eigenvalue weighted by Crippen LogP contribution is -2.35. The van der Waals surface area contributed by atoms with Crippen molar-refractivity contribution in [3.05, 3.63) is 5.82 Å². The van der Waals surface area contributed by atoms with Crippen LogP contribution in [0.1, 0.15) is 51.8 Å². The molecule has 2 rings (SSSR count). The molecule has 1 heterocycles. The molecule has 0 atom stereocenters. The lowest BCUT2D eigenvalue weighted by atomic mass is 9.81. The van der Waals surface area contributed by atoms with Crippen molar-refractivity contribution in [1.29, 1.82) is 0 Å². The van der Waals surface area contributed by atoms with Gasteiger partial charge in [-0.3, -0.25) is 4.79 Å². The first kappa shape index (κ1) is 14.0. The minimum Gasteiger partial charge on any atom is -0.481 e. The van der Waals surface area contributed by atoms with E-state index in [4.69, 9.17) is 0 Å². The van der Waals surface area contributed by atoms with Crippen molar-refractivity contribution in [2.75, 3.05) is 0 Å². The molecule has 0 saturated heterocycles. The Hall–Kier alpha value is -1.46. The molecular formula is C13H22N4O2. The summed E-state index contributed by atoms with van der Waals surface area (Å²) in [6, 6.07) is 0. The van der Waals surface area contributed by atoms with Gasteiger partial charge in [-0.1, -0.05) is 33.1 Å². The van der Waals surface area contributed by atoms with E-state index in [0.29, 0.717) is 25.3 Å². The first-order valence-corrected chi connectivity index (χ1v) is 7.09. The molecule has 1 fully saturated rings. The van der Waals surface area contributed by atoms with Gasteiger partial charge in [0.2, 0.25) is 0 Å². The van der Waals surface area contributed by atoms with E-state index in [1.807, 2.05) is 13.8 Å². The Kier molecular flexibility index (Phi) is 4.17. The number of tetrazole rings is 1. The van der Waals surface area contributed by atoms with E-state index in [2.05, 4.69) is 15.5 Å². The van der Waals surface area contributed by atoms with E-state index in [1.54, 1.807) is 4.68 Å². The summed E-state index contributed by atoms with van der Waals surface area (Å²) >= 11 is 0. The monoisotopic (exact) mass is 266 g/mol. The van der Waals surface area contributed by atoms with Gasteiger partial charge in [0.05, 0.1) is 12.0 Å². The third kappa shape index (κ3) is 2.77. The third-order valence-electron chi connectivity index (χ3n) is 4.56. The molecule has 0 aliphatic heterocycles. The lowest BCUT2D eigenvalue weighted by Gasteiger charge is -2.28. The average molecular weight is 266 g/mol. The summed E-state index contributed by atoms with van der Waals surface area (Å²) < 4.78 is 1.69. The van der Waals surface area contributed by atoms with Crippen LogP contribution in [0.3, 0.4) is 0 Å². The first-order chi connectivity index (χ1) is 9.11. The summed E-state index contributed by atoms with van der Waals surface area (Å²) in [5.74, 6) is 0.743. The van der Waals surface area contributed by atoms with Crippen LogP contribution in [0.5, 0.6) is 0 Å². The van der Waals surface area contributed by atoms with Crippen LogP contribution >= 0.6 is 0 Å². The molecule has 1 aromatic rings. The predicted octanol–water partition coefficient (Wildman–Crippen LogP) is 1.91. The third-order valence-corrected chi connectivity index (χ3v) is 4.56. The second kappa shape index (κ2) is 5.67. The summed E-state index contributed by atoms with van der Waals surface area (Å²) in [6.45, 7) is 4.19. The van der Waals surface area contributed by atoms with Crippen molar-refractivity contribution in [1.82, 2.24) is 20.2 Å². The molecule has 1 saturated carbocycles. The number of hydrogen-bond acceptors (Lipinski definition) is 4. The molecule has 6 nitrogen and oxygen atoms in total. The Balaban J connectivity index is 2.12. The normalized spacial score (nSPS) is 16.3. The number of carboxylic acids is 1. The van der Waals surface area contributed by atoms with E-state index in [1.165, 1.54) is 19.3 Å². The van der Waals surface area contributed by atoms with Gasteiger partial charge < -0.3 is 5.11 Å². The van der Waals surface area contributed by atoms with Gasteiger partial charge in [0.1, 0.15) is 0 Å². The molecule has 0 aromatic carbocycles. The standard InChI is InChI=1S/C13H22N4O2/c1-3-13(4-2,12(18)19)9-17-11(14-15-16-17)8-10-6-5-7-10/h10H,3-9H2,1-2H3,(H,18,19). The molecule has 1 aliphatic carbocycles. The molecule has 0 amide bonds. The lowest BCUT2D eigenvalue weighted by molar-refractivity contribution is -0.150. The number of aromatic nitrogens is 4. The zero-order valence-corrected chi connectivity index (χ0v) is 11.7. The smallest absolute Gasteiger partial charge is 0.311 e. The van der Waals surface area contributed by atoms with Crippen molar-refractivity contribution < 1.29 is 9.90 Å². The number of nitrogens with zero attached hydrogens (tertiary/aromatic N) is 4. The van der Waals surface area contributed by atoms with Gasteiger partial charge in [0, 0.05) is 6.42 Å². The van der Waals surface area contributed by atoms with Gasteiger partial charge in [0.25, 0.3) is 0 Å². The molecule has 0 spiro atoms. The van der Waals surface area contributed by atoms with Gasteiger partial charge in [-0.05, 0) is 29.2 Å². The highest BCUT2D eigenvalue weighted by molar-refractivity contribution is 5.74. The molecule has 1 aromatic heterocycles.